The fourth-order valence-electron chi connectivity index (χ4n) is 3.60. The number of nitrogens with zero attached hydrogens (tertiary/aromatic N) is 4. The Bertz CT molecular complexity index is 1090. The molecule has 1 N–H and O–H groups in total. The number of hydrogen-bond donors (Lipinski definition) is 1. The highest BCUT2D eigenvalue weighted by molar-refractivity contribution is 6.30. The molecule has 1 aliphatic rings. The maximum atomic E-state index is 12.6. The highest BCUT2D eigenvalue weighted by Gasteiger charge is 2.29. The van der Waals surface area contributed by atoms with Crippen LogP contribution in [0.25, 0.3) is 0 Å². The van der Waals surface area contributed by atoms with Crippen molar-refractivity contribution < 1.29 is 9.59 Å². The van der Waals surface area contributed by atoms with Crippen molar-refractivity contribution in [3.8, 4) is 0 Å². The number of halogens is 1. The molecule has 1 aliphatic heterocycles. The summed E-state index contributed by atoms with van der Waals surface area (Å²) < 4.78 is 0. The van der Waals surface area contributed by atoms with Crippen molar-refractivity contribution in [1.29, 1.82) is 0 Å². The van der Waals surface area contributed by atoms with Crippen LogP contribution in [0.2, 0.25) is 5.02 Å². The molecule has 0 bridgehead atoms. The summed E-state index contributed by atoms with van der Waals surface area (Å²) in [4.78, 5) is 40.2. The Labute approximate surface area is 185 Å². The van der Waals surface area contributed by atoms with Crippen molar-refractivity contribution in [2.24, 2.45) is 0 Å². The summed E-state index contributed by atoms with van der Waals surface area (Å²) in [7, 11) is 0. The highest BCUT2D eigenvalue weighted by atomic mass is 35.5. The van der Waals surface area contributed by atoms with E-state index in [2.05, 4.69) is 20.3 Å². The van der Waals surface area contributed by atoms with E-state index in [0.717, 1.165) is 12.1 Å². The van der Waals surface area contributed by atoms with Crippen LogP contribution >= 0.6 is 11.6 Å². The van der Waals surface area contributed by atoms with Gasteiger partial charge in [0.15, 0.2) is 0 Å². The Hall–Kier alpha value is -3.32. The molecule has 2 amide bonds. The lowest BCUT2D eigenvalue weighted by Gasteiger charge is -2.16. The zero-order valence-corrected chi connectivity index (χ0v) is 17.8. The van der Waals surface area contributed by atoms with Gasteiger partial charge in [-0.05, 0) is 49.7 Å². The van der Waals surface area contributed by atoms with Crippen LogP contribution in [0.3, 0.4) is 0 Å². The van der Waals surface area contributed by atoms with E-state index < -0.39 is 0 Å². The van der Waals surface area contributed by atoms with E-state index in [4.69, 9.17) is 11.6 Å². The molecule has 7 nitrogen and oxygen atoms in total. The van der Waals surface area contributed by atoms with E-state index in [1.54, 1.807) is 43.6 Å². The second-order valence-electron chi connectivity index (χ2n) is 7.51. The number of benzene rings is 1. The van der Waals surface area contributed by atoms with Gasteiger partial charge in [0.2, 0.25) is 5.91 Å². The third-order valence-corrected chi connectivity index (χ3v) is 5.56. The fourth-order valence-corrected chi connectivity index (χ4v) is 3.73. The lowest BCUT2D eigenvalue weighted by atomic mass is 10.1. The average molecular weight is 436 g/mol. The van der Waals surface area contributed by atoms with Crippen LogP contribution in [-0.2, 0) is 11.2 Å². The Balaban J connectivity index is 1.39. The number of carbonyl (C=O) groups excluding carboxylic acids is 2. The molecule has 4 rings (SSSR count). The maximum absolute atomic E-state index is 12.6. The van der Waals surface area contributed by atoms with Gasteiger partial charge in [-0.2, -0.15) is 0 Å². The minimum atomic E-state index is -0.273. The minimum absolute atomic E-state index is 0.0527. The second kappa shape index (κ2) is 9.22. The summed E-state index contributed by atoms with van der Waals surface area (Å²) in [6.45, 7) is 3.03. The van der Waals surface area contributed by atoms with Crippen molar-refractivity contribution in [1.82, 2.24) is 19.9 Å². The number of aromatic nitrogens is 3. The zero-order valence-electron chi connectivity index (χ0n) is 17.1. The average Bonchev–Trinajstić information content (AvgIpc) is 3.26. The van der Waals surface area contributed by atoms with Crippen molar-refractivity contribution in [3.63, 3.8) is 0 Å². The van der Waals surface area contributed by atoms with Crippen LogP contribution in [-0.4, -0.2) is 44.8 Å². The molecule has 3 heterocycles. The Morgan fingerprint density at radius 1 is 1.16 bits per heavy atom. The van der Waals surface area contributed by atoms with E-state index in [-0.39, 0.29) is 24.2 Å². The zero-order chi connectivity index (χ0) is 21.8. The molecule has 158 valence electrons. The molecule has 0 radical (unpaired) electrons. The van der Waals surface area contributed by atoms with Crippen LogP contribution in [0, 0.1) is 6.92 Å². The van der Waals surface area contributed by atoms with Gasteiger partial charge in [-0.25, -0.2) is 9.97 Å². The summed E-state index contributed by atoms with van der Waals surface area (Å²) in [5, 5.41) is 3.43. The number of aryl methyl sites for hydroxylation is 1. The molecule has 3 aromatic rings. The Morgan fingerprint density at radius 3 is 2.68 bits per heavy atom. The number of pyridine rings is 1. The standard InChI is InChI=1S/C23H22ClN5O2/c1-15-20(23(31)28-18-7-5-17(24)6-8-18)13-26-22(27-15)16-9-11-29(14-16)21(30)12-19-4-2-3-10-25-19/h2-8,10,13,16H,9,11-12,14H2,1H3,(H,28,31). The summed E-state index contributed by atoms with van der Waals surface area (Å²) in [6, 6.07) is 12.5. The van der Waals surface area contributed by atoms with Crippen LogP contribution in [0.15, 0.2) is 54.9 Å². The van der Waals surface area contributed by atoms with E-state index in [9.17, 15) is 9.59 Å². The van der Waals surface area contributed by atoms with Gasteiger partial charge in [-0.15, -0.1) is 0 Å². The number of likely N-dealkylation sites (tertiary alicyclic amines) is 1. The predicted molar refractivity (Wildman–Crippen MR) is 118 cm³/mol. The molecule has 31 heavy (non-hydrogen) atoms. The first-order chi connectivity index (χ1) is 15.0. The van der Waals surface area contributed by atoms with Crippen LogP contribution < -0.4 is 5.32 Å². The van der Waals surface area contributed by atoms with Gasteiger partial charge in [-0.1, -0.05) is 17.7 Å². The lowest BCUT2D eigenvalue weighted by Crippen LogP contribution is -2.30. The number of nitrogens with one attached hydrogen (secondary N) is 1. The first-order valence-corrected chi connectivity index (χ1v) is 10.5. The van der Waals surface area contributed by atoms with E-state index in [1.807, 2.05) is 23.1 Å². The van der Waals surface area contributed by atoms with Gasteiger partial charge >= 0.3 is 0 Å². The van der Waals surface area contributed by atoms with Crippen molar-refractivity contribution >= 4 is 29.1 Å². The van der Waals surface area contributed by atoms with Crippen molar-refractivity contribution in [3.05, 3.63) is 82.7 Å². The summed E-state index contributed by atoms with van der Waals surface area (Å²) >= 11 is 5.88. The quantitative estimate of drug-likeness (QED) is 0.661. The number of amides is 2. The molecule has 1 unspecified atom stereocenters. The first-order valence-electron chi connectivity index (χ1n) is 10.1. The smallest absolute Gasteiger partial charge is 0.259 e. The molecule has 1 aromatic carbocycles. The SMILES string of the molecule is Cc1nc(C2CCN(C(=O)Cc3ccccn3)C2)ncc1C(=O)Nc1ccc(Cl)cc1. The molecule has 0 spiro atoms. The molecule has 0 saturated carbocycles. The van der Waals surface area contributed by atoms with Crippen LogP contribution in [0.5, 0.6) is 0 Å². The Kier molecular flexibility index (Phi) is 6.23. The first kappa shape index (κ1) is 20.9. The normalized spacial score (nSPS) is 15.7. The van der Waals surface area contributed by atoms with Gasteiger partial charge in [-0.3, -0.25) is 14.6 Å². The van der Waals surface area contributed by atoms with Gasteiger partial charge < -0.3 is 10.2 Å². The largest absolute Gasteiger partial charge is 0.342 e. The predicted octanol–water partition coefficient (Wildman–Crippen LogP) is 3.64. The summed E-state index contributed by atoms with van der Waals surface area (Å²) in [5.74, 6) is 0.496. The Morgan fingerprint density at radius 2 is 1.97 bits per heavy atom. The highest BCUT2D eigenvalue weighted by Crippen LogP contribution is 2.26. The van der Waals surface area contributed by atoms with Gasteiger partial charge in [0.05, 0.1) is 17.7 Å². The third-order valence-electron chi connectivity index (χ3n) is 5.31. The molecular formula is C23H22ClN5O2. The fraction of sp³-hybridized carbons (Fsp3) is 0.261. The minimum Gasteiger partial charge on any atom is -0.342 e. The number of anilines is 1. The molecular weight excluding hydrogens is 414 g/mol. The van der Waals surface area contributed by atoms with Gasteiger partial charge in [0.25, 0.3) is 5.91 Å². The van der Waals surface area contributed by atoms with E-state index in [0.29, 0.717) is 40.9 Å². The van der Waals surface area contributed by atoms with Crippen LogP contribution in [0.1, 0.15) is 39.9 Å². The summed E-state index contributed by atoms with van der Waals surface area (Å²) in [6.07, 6.45) is 4.33. The monoisotopic (exact) mass is 435 g/mol. The third kappa shape index (κ3) is 5.06. The molecule has 8 heteroatoms. The lowest BCUT2D eigenvalue weighted by molar-refractivity contribution is -0.129. The van der Waals surface area contributed by atoms with Gasteiger partial charge in [0.1, 0.15) is 5.82 Å². The number of carbonyl (C=O) groups is 2. The number of hydrogen-bond acceptors (Lipinski definition) is 5. The number of rotatable bonds is 5. The summed E-state index contributed by atoms with van der Waals surface area (Å²) in [5.41, 5.74) is 2.43. The van der Waals surface area contributed by atoms with E-state index >= 15 is 0 Å². The molecule has 1 fully saturated rings. The van der Waals surface area contributed by atoms with Gasteiger partial charge in [0, 0.05) is 47.8 Å². The van der Waals surface area contributed by atoms with E-state index in [1.165, 1.54) is 0 Å². The van der Waals surface area contributed by atoms with Crippen molar-refractivity contribution in [2.75, 3.05) is 18.4 Å². The molecule has 1 saturated heterocycles. The second-order valence-corrected chi connectivity index (χ2v) is 7.95. The van der Waals surface area contributed by atoms with Crippen LogP contribution in [0.4, 0.5) is 5.69 Å². The molecule has 2 aromatic heterocycles. The molecule has 1 atom stereocenters. The topological polar surface area (TPSA) is 88.1 Å². The van der Waals surface area contributed by atoms with Crippen molar-refractivity contribution in [2.45, 2.75) is 25.7 Å². The molecule has 0 aliphatic carbocycles. The maximum Gasteiger partial charge on any atom is 0.259 e.